The highest BCUT2D eigenvalue weighted by Crippen LogP contribution is 2.25. The molecule has 2 fully saturated rings. The number of ether oxygens (including phenoxy) is 1. The van der Waals surface area contributed by atoms with Crippen molar-refractivity contribution in [2.45, 2.75) is 12.3 Å². The molecule has 2 N–H and O–H groups in total. The van der Waals surface area contributed by atoms with E-state index in [1.807, 2.05) is 36.4 Å². The summed E-state index contributed by atoms with van der Waals surface area (Å²) in [4.78, 5) is 30.5. The highest BCUT2D eigenvalue weighted by molar-refractivity contribution is 6.03. The number of hydrogen-bond acceptors (Lipinski definition) is 5. The summed E-state index contributed by atoms with van der Waals surface area (Å²) in [6.07, 6.45) is 2.15. The van der Waals surface area contributed by atoms with Crippen LogP contribution >= 0.6 is 0 Å². The minimum atomic E-state index is -0.247. The van der Waals surface area contributed by atoms with Crippen LogP contribution in [-0.4, -0.2) is 49.6 Å². The lowest BCUT2D eigenvalue weighted by atomic mass is 9.98. The van der Waals surface area contributed by atoms with Gasteiger partial charge in [0, 0.05) is 49.5 Å². The van der Waals surface area contributed by atoms with Gasteiger partial charge in [-0.3, -0.25) is 14.6 Å². The second-order valence-corrected chi connectivity index (χ2v) is 6.78. The van der Waals surface area contributed by atoms with Crippen molar-refractivity contribution in [3.63, 3.8) is 0 Å². The molecule has 0 spiro atoms. The Bertz CT molecular complexity index is 849. The van der Waals surface area contributed by atoms with Gasteiger partial charge in [-0.25, -0.2) is 0 Å². The molecule has 1 atom stereocenters. The number of carbonyl (C=O) groups is 2. The van der Waals surface area contributed by atoms with Crippen molar-refractivity contribution in [3.8, 4) is 0 Å². The number of pyridine rings is 1. The molecule has 2 amide bonds. The van der Waals surface area contributed by atoms with Gasteiger partial charge in [0.2, 0.25) is 5.91 Å². The smallest absolute Gasteiger partial charge is 0.274 e. The van der Waals surface area contributed by atoms with Crippen molar-refractivity contribution in [1.29, 1.82) is 0 Å². The van der Waals surface area contributed by atoms with E-state index in [0.717, 1.165) is 24.3 Å². The van der Waals surface area contributed by atoms with Gasteiger partial charge in [-0.05, 0) is 29.8 Å². The van der Waals surface area contributed by atoms with Crippen LogP contribution in [0.1, 0.15) is 28.4 Å². The fraction of sp³-hybridized carbons (Fsp3) is 0.350. The third kappa shape index (κ3) is 4.09. The Balaban J connectivity index is 1.47. The lowest BCUT2D eigenvalue weighted by Gasteiger charge is -2.28. The van der Waals surface area contributed by atoms with Crippen LogP contribution in [0.25, 0.3) is 0 Å². The first-order valence-corrected chi connectivity index (χ1v) is 9.16. The number of morpholine rings is 1. The number of benzene rings is 1. The summed E-state index contributed by atoms with van der Waals surface area (Å²) >= 11 is 0. The van der Waals surface area contributed by atoms with Gasteiger partial charge < -0.3 is 20.3 Å². The molecular formula is C20H22N4O3. The molecule has 0 bridgehead atoms. The topological polar surface area (TPSA) is 83.6 Å². The molecule has 1 unspecified atom stereocenters. The van der Waals surface area contributed by atoms with E-state index in [2.05, 4.69) is 20.5 Å². The third-order valence-electron chi connectivity index (χ3n) is 4.95. The molecule has 2 aliphatic heterocycles. The molecule has 4 rings (SSSR count). The van der Waals surface area contributed by atoms with Crippen LogP contribution in [0.2, 0.25) is 0 Å². The van der Waals surface area contributed by atoms with E-state index in [9.17, 15) is 9.59 Å². The van der Waals surface area contributed by atoms with Crippen LogP contribution in [0.3, 0.4) is 0 Å². The van der Waals surface area contributed by atoms with Crippen LogP contribution in [0.5, 0.6) is 0 Å². The Labute approximate surface area is 157 Å². The largest absolute Gasteiger partial charge is 0.378 e. The first-order valence-electron chi connectivity index (χ1n) is 9.16. The normalized spacial score (nSPS) is 19.6. The van der Waals surface area contributed by atoms with Gasteiger partial charge in [0.15, 0.2) is 0 Å². The Morgan fingerprint density at radius 1 is 1.22 bits per heavy atom. The number of nitrogens with one attached hydrogen (secondary N) is 2. The lowest BCUT2D eigenvalue weighted by Crippen LogP contribution is -2.36. The Morgan fingerprint density at radius 2 is 2.07 bits per heavy atom. The minimum Gasteiger partial charge on any atom is -0.378 e. The Hall–Kier alpha value is -2.93. The molecule has 1 aromatic heterocycles. The van der Waals surface area contributed by atoms with E-state index in [4.69, 9.17) is 4.74 Å². The van der Waals surface area contributed by atoms with Crippen molar-refractivity contribution in [1.82, 2.24) is 10.3 Å². The molecule has 2 aliphatic rings. The van der Waals surface area contributed by atoms with Crippen molar-refractivity contribution in [2.24, 2.45) is 0 Å². The van der Waals surface area contributed by atoms with Crippen LogP contribution in [0, 0.1) is 0 Å². The molecule has 0 radical (unpaired) electrons. The molecule has 2 saturated heterocycles. The first-order chi connectivity index (χ1) is 13.2. The zero-order valence-corrected chi connectivity index (χ0v) is 15.0. The number of carbonyl (C=O) groups excluding carboxylic acids is 2. The summed E-state index contributed by atoms with van der Waals surface area (Å²) in [6.45, 7) is 3.63. The van der Waals surface area contributed by atoms with Crippen molar-refractivity contribution >= 4 is 23.2 Å². The maximum atomic E-state index is 12.7. The first kappa shape index (κ1) is 17.5. The fourth-order valence-corrected chi connectivity index (χ4v) is 3.47. The number of nitrogens with zero attached hydrogens (tertiary/aromatic N) is 2. The van der Waals surface area contributed by atoms with Gasteiger partial charge in [-0.15, -0.1) is 0 Å². The lowest BCUT2D eigenvalue weighted by molar-refractivity contribution is -0.119. The average Bonchev–Trinajstić information content (AvgIpc) is 3.15. The Morgan fingerprint density at radius 3 is 2.85 bits per heavy atom. The number of hydrogen-bond donors (Lipinski definition) is 2. The number of rotatable bonds is 4. The van der Waals surface area contributed by atoms with E-state index in [1.54, 1.807) is 6.20 Å². The molecule has 0 saturated carbocycles. The van der Waals surface area contributed by atoms with Crippen molar-refractivity contribution < 1.29 is 14.3 Å². The molecule has 2 aromatic rings. The molecule has 3 heterocycles. The second kappa shape index (κ2) is 7.75. The average molecular weight is 366 g/mol. The third-order valence-corrected chi connectivity index (χ3v) is 4.95. The molecule has 0 aliphatic carbocycles. The summed E-state index contributed by atoms with van der Waals surface area (Å²) in [5.41, 5.74) is 3.10. The number of aromatic nitrogens is 1. The summed E-state index contributed by atoms with van der Waals surface area (Å²) < 4.78 is 5.38. The van der Waals surface area contributed by atoms with Crippen LogP contribution in [0.15, 0.2) is 42.6 Å². The molecule has 140 valence electrons. The van der Waals surface area contributed by atoms with Gasteiger partial charge in [0.05, 0.1) is 13.2 Å². The maximum Gasteiger partial charge on any atom is 0.274 e. The summed E-state index contributed by atoms with van der Waals surface area (Å²) in [7, 11) is 0. The minimum absolute atomic E-state index is 0.0681. The molecule has 7 nitrogen and oxygen atoms in total. The van der Waals surface area contributed by atoms with E-state index in [1.165, 1.54) is 0 Å². The van der Waals surface area contributed by atoms with Crippen molar-refractivity contribution in [2.75, 3.05) is 43.1 Å². The number of amides is 2. The Kier molecular flexibility index (Phi) is 5.02. The predicted molar refractivity (Wildman–Crippen MR) is 102 cm³/mol. The quantitative estimate of drug-likeness (QED) is 0.862. The summed E-state index contributed by atoms with van der Waals surface area (Å²) in [6, 6.07) is 11.4. The fourth-order valence-electron chi connectivity index (χ4n) is 3.47. The van der Waals surface area contributed by atoms with Gasteiger partial charge in [-0.2, -0.15) is 0 Å². The highest BCUT2D eigenvalue weighted by Gasteiger charge is 2.23. The molecule has 27 heavy (non-hydrogen) atoms. The molecule has 1 aromatic carbocycles. The van der Waals surface area contributed by atoms with E-state index in [0.29, 0.717) is 37.6 Å². The SMILES string of the molecule is O=C1CC(c2cccc(NC(=O)c3cc(N4CCOCC4)ccn3)c2)CN1. The van der Waals surface area contributed by atoms with Crippen LogP contribution in [0.4, 0.5) is 11.4 Å². The predicted octanol–water partition coefficient (Wildman–Crippen LogP) is 1.77. The van der Waals surface area contributed by atoms with E-state index >= 15 is 0 Å². The van der Waals surface area contributed by atoms with Crippen LogP contribution < -0.4 is 15.5 Å². The monoisotopic (exact) mass is 366 g/mol. The number of anilines is 2. The summed E-state index contributed by atoms with van der Waals surface area (Å²) in [5, 5.41) is 5.76. The highest BCUT2D eigenvalue weighted by atomic mass is 16.5. The zero-order valence-electron chi connectivity index (χ0n) is 15.0. The molecular weight excluding hydrogens is 344 g/mol. The van der Waals surface area contributed by atoms with Crippen molar-refractivity contribution in [3.05, 3.63) is 53.9 Å². The van der Waals surface area contributed by atoms with Crippen LogP contribution in [-0.2, 0) is 9.53 Å². The second-order valence-electron chi connectivity index (χ2n) is 6.78. The summed E-state index contributed by atoms with van der Waals surface area (Å²) in [5.74, 6) is -0.0291. The zero-order chi connectivity index (χ0) is 18.6. The van der Waals surface area contributed by atoms with E-state index in [-0.39, 0.29) is 17.7 Å². The van der Waals surface area contributed by atoms with Gasteiger partial charge >= 0.3 is 0 Å². The standard InChI is InChI=1S/C20H22N4O3/c25-19-11-15(13-22-19)14-2-1-3-16(10-14)23-20(26)18-12-17(4-5-21-18)24-6-8-27-9-7-24/h1-5,10,12,15H,6-9,11,13H2,(H,22,25)(H,23,26). The van der Waals surface area contributed by atoms with Gasteiger partial charge in [0.25, 0.3) is 5.91 Å². The van der Waals surface area contributed by atoms with Gasteiger partial charge in [-0.1, -0.05) is 12.1 Å². The van der Waals surface area contributed by atoms with E-state index < -0.39 is 0 Å². The van der Waals surface area contributed by atoms with Gasteiger partial charge in [0.1, 0.15) is 5.69 Å². The molecule has 7 heteroatoms. The maximum absolute atomic E-state index is 12.7.